The molecule has 0 saturated heterocycles. The van der Waals surface area contributed by atoms with Crippen molar-refractivity contribution in [1.29, 1.82) is 0 Å². The lowest BCUT2D eigenvalue weighted by Crippen LogP contribution is -2.13. The molecule has 0 aliphatic heterocycles. The summed E-state index contributed by atoms with van der Waals surface area (Å²) in [5.41, 5.74) is 8.69. The van der Waals surface area contributed by atoms with Crippen LogP contribution in [0, 0.1) is 0 Å². The summed E-state index contributed by atoms with van der Waals surface area (Å²) in [5, 5.41) is 4.72. The number of nitrogen functional groups attached to an aromatic ring is 1. The summed E-state index contributed by atoms with van der Waals surface area (Å²) in [6.45, 7) is -0.161. The van der Waals surface area contributed by atoms with Gasteiger partial charge in [0.15, 0.2) is 6.61 Å². The Morgan fingerprint density at radius 2 is 2.04 bits per heavy atom. The molecule has 0 atom stereocenters. The second kappa shape index (κ2) is 8.05. The van der Waals surface area contributed by atoms with Crippen LogP contribution in [0.5, 0.6) is 5.75 Å². The third-order valence-electron chi connectivity index (χ3n) is 3.79. The lowest BCUT2D eigenvalue weighted by molar-refractivity contribution is -0.142. The summed E-state index contributed by atoms with van der Waals surface area (Å²) in [5.74, 6) is 0.229. The molecule has 3 aromatic rings. The van der Waals surface area contributed by atoms with Gasteiger partial charge in [0.05, 0.1) is 12.8 Å². The zero-order chi connectivity index (χ0) is 19.4. The summed E-state index contributed by atoms with van der Waals surface area (Å²) >= 11 is 6.00. The first kappa shape index (κ1) is 18.7. The second-order valence-corrected chi connectivity index (χ2v) is 6.15. The van der Waals surface area contributed by atoms with E-state index in [0.717, 1.165) is 11.1 Å². The van der Waals surface area contributed by atoms with Crippen molar-refractivity contribution in [3.8, 4) is 17.1 Å². The minimum Gasteiger partial charge on any atom is -0.482 e. The molecule has 0 spiro atoms. The maximum absolute atomic E-state index is 11.4. The largest absolute Gasteiger partial charge is 0.482 e. The number of carbonyl (C=O) groups is 1. The summed E-state index contributed by atoms with van der Waals surface area (Å²) < 4.78 is 11.9. The maximum atomic E-state index is 11.4. The van der Waals surface area contributed by atoms with Crippen LogP contribution in [0.1, 0.15) is 11.1 Å². The molecule has 2 heterocycles. The van der Waals surface area contributed by atoms with Crippen molar-refractivity contribution in [2.45, 2.75) is 6.42 Å². The maximum Gasteiger partial charge on any atom is 0.343 e. The van der Waals surface area contributed by atoms with E-state index in [0.29, 0.717) is 23.6 Å². The van der Waals surface area contributed by atoms with E-state index < -0.39 is 5.97 Å². The Balaban J connectivity index is 1.92. The Kier molecular flexibility index (Phi) is 5.56. The number of para-hydroxylation sites is 1. The van der Waals surface area contributed by atoms with Crippen LogP contribution in [0.2, 0.25) is 5.15 Å². The van der Waals surface area contributed by atoms with Gasteiger partial charge in [-0.15, -0.1) is 0 Å². The van der Waals surface area contributed by atoms with Gasteiger partial charge in [0.1, 0.15) is 16.6 Å². The quantitative estimate of drug-likeness (QED) is 0.510. The van der Waals surface area contributed by atoms with Crippen LogP contribution < -0.4 is 10.5 Å². The molecule has 3 rings (SSSR count). The Hall–Kier alpha value is -3.13. The molecule has 0 fully saturated rings. The molecule has 9 heteroatoms. The predicted octanol–water partition coefficient (Wildman–Crippen LogP) is 2.26. The average molecular weight is 388 g/mol. The summed E-state index contributed by atoms with van der Waals surface area (Å²) in [7, 11) is 3.14. The number of halogens is 1. The van der Waals surface area contributed by atoms with Crippen LogP contribution in [0.25, 0.3) is 11.4 Å². The molecule has 2 N–H and O–H groups in total. The van der Waals surface area contributed by atoms with E-state index in [-0.39, 0.29) is 17.7 Å². The molecule has 1 aromatic carbocycles. The van der Waals surface area contributed by atoms with Gasteiger partial charge in [-0.2, -0.15) is 5.10 Å². The number of methoxy groups -OCH3 is 1. The van der Waals surface area contributed by atoms with E-state index in [4.69, 9.17) is 22.1 Å². The van der Waals surface area contributed by atoms with Crippen molar-refractivity contribution in [3.05, 3.63) is 52.8 Å². The number of ether oxygens (including phenoxy) is 2. The van der Waals surface area contributed by atoms with Crippen molar-refractivity contribution in [2.75, 3.05) is 19.5 Å². The zero-order valence-electron chi connectivity index (χ0n) is 14.8. The van der Waals surface area contributed by atoms with Gasteiger partial charge in [-0.25, -0.2) is 14.8 Å². The topological polar surface area (TPSA) is 105 Å². The minimum atomic E-state index is -0.446. The monoisotopic (exact) mass is 387 g/mol. The molecule has 2 aromatic heterocycles. The number of aryl methyl sites for hydroxylation is 1. The fourth-order valence-electron chi connectivity index (χ4n) is 2.63. The smallest absolute Gasteiger partial charge is 0.343 e. The van der Waals surface area contributed by atoms with Gasteiger partial charge in [0, 0.05) is 31.3 Å². The number of esters is 1. The molecular weight excluding hydrogens is 370 g/mol. The number of hydrogen-bond acceptors (Lipinski definition) is 7. The fourth-order valence-corrected chi connectivity index (χ4v) is 2.82. The van der Waals surface area contributed by atoms with Crippen molar-refractivity contribution >= 4 is 23.5 Å². The molecule has 0 amide bonds. The van der Waals surface area contributed by atoms with E-state index in [1.54, 1.807) is 16.8 Å². The summed E-state index contributed by atoms with van der Waals surface area (Å²) in [6, 6.07) is 9.07. The van der Waals surface area contributed by atoms with Crippen LogP contribution >= 0.6 is 11.6 Å². The number of benzene rings is 1. The van der Waals surface area contributed by atoms with E-state index >= 15 is 0 Å². The average Bonchev–Trinajstić information content (AvgIpc) is 3.00. The highest BCUT2D eigenvalue weighted by Gasteiger charge is 2.16. The first-order valence-electron chi connectivity index (χ1n) is 8.06. The molecular formula is C18H18ClN5O3. The van der Waals surface area contributed by atoms with Crippen molar-refractivity contribution in [1.82, 2.24) is 19.7 Å². The summed E-state index contributed by atoms with van der Waals surface area (Å²) in [6.07, 6.45) is 2.40. The third kappa shape index (κ3) is 4.53. The van der Waals surface area contributed by atoms with E-state index in [2.05, 4.69) is 19.8 Å². The first-order valence-corrected chi connectivity index (χ1v) is 8.44. The predicted molar refractivity (Wildman–Crippen MR) is 100 cm³/mol. The number of hydrogen-bond donors (Lipinski definition) is 1. The number of aromatic nitrogens is 4. The van der Waals surface area contributed by atoms with Crippen LogP contribution in [0.3, 0.4) is 0 Å². The molecule has 0 bridgehead atoms. The standard InChI is InChI=1S/C18H18ClN5O3/c1-24-9-12(17(23-24)13-8-15(19)22-18(20)21-13)7-11-5-3-4-6-14(11)27-10-16(25)26-2/h3-6,8-9H,7,10H2,1-2H3,(H2,20,21,22). The molecule has 0 aliphatic carbocycles. The summed E-state index contributed by atoms with van der Waals surface area (Å²) in [4.78, 5) is 19.5. The van der Waals surface area contributed by atoms with Gasteiger partial charge in [-0.05, 0) is 11.6 Å². The number of anilines is 1. The Bertz CT molecular complexity index is 953. The van der Waals surface area contributed by atoms with Crippen molar-refractivity contribution in [3.63, 3.8) is 0 Å². The van der Waals surface area contributed by atoms with Gasteiger partial charge >= 0.3 is 5.97 Å². The highest BCUT2D eigenvalue weighted by molar-refractivity contribution is 6.29. The number of nitrogens with two attached hydrogens (primary N) is 1. The SMILES string of the molecule is COC(=O)COc1ccccc1Cc1cn(C)nc1-c1cc(Cl)nc(N)n1. The van der Waals surface area contributed by atoms with Crippen LogP contribution in [0.4, 0.5) is 5.95 Å². The highest BCUT2D eigenvalue weighted by Crippen LogP contribution is 2.28. The lowest BCUT2D eigenvalue weighted by atomic mass is 10.0. The third-order valence-corrected chi connectivity index (χ3v) is 3.98. The van der Waals surface area contributed by atoms with Crippen LogP contribution in [0.15, 0.2) is 36.5 Å². The Morgan fingerprint density at radius 3 is 2.78 bits per heavy atom. The van der Waals surface area contributed by atoms with Gasteiger partial charge < -0.3 is 15.2 Å². The fraction of sp³-hybridized carbons (Fsp3) is 0.222. The molecule has 0 unspecified atom stereocenters. The number of carbonyl (C=O) groups excluding carboxylic acids is 1. The Labute approximate surface area is 160 Å². The van der Waals surface area contributed by atoms with Gasteiger partial charge in [0.2, 0.25) is 5.95 Å². The normalized spacial score (nSPS) is 10.6. The first-order chi connectivity index (χ1) is 13.0. The lowest BCUT2D eigenvalue weighted by Gasteiger charge is -2.10. The van der Waals surface area contributed by atoms with Gasteiger partial charge in [-0.1, -0.05) is 29.8 Å². The van der Waals surface area contributed by atoms with E-state index in [1.807, 2.05) is 31.4 Å². The van der Waals surface area contributed by atoms with E-state index in [9.17, 15) is 4.79 Å². The van der Waals surface area contributed by atoms with Crippen LogP contribution in [-0.4, -0.2) is 39.4 Å². The Morgan fingerprint density at radius 1 is 1.26 bits per heavy atom. The molecule has 8 nitrogen and oxygen atoms in total. The highest BCUT2D eigenvalue weighted by atomic mass is 35.5. The second-order valence-electron chi connectivity index (χ2n) is 5.76. The van der Waals surface area contributed by atoms with Crippen molar-refractivity contribution in [2.24, 2.45) is 7.05 Å². The molecule has 0 aliphatic rings. The molecule has 140 valence electrons. The van der Waals surface area contributed by atoms with E-state index in [1.165, 1.54) is 7.11 Å². The van der Waals surface area contributed by atoms with Gasteiger partial charge in [0.25, 0.3) is 0 Å². The number of rotatable bonds is 6. The van der Waals surface area contributed by atoms with Crippen LogP contribution in [-0.2, 0) is 23.0 Å². The van der Waals surface area contributed by atoms with Crippen molar-refractivity contribution < 1.29 is 14.3 Å². The molecule has 0 saturated carbocycles. The molecule has 27 heavy (non-hydrogen) atoms. The van der Waals surface area contributed by atoms with Gasteiger partial charge in [-0.3, -0.25) is 4.68 Å². The number of nitrogens with zero attached hydrogens (tertiary/aromatic N) is 4. The zero-order valence-corrected chi connectivity index (χ0v) is 15.6. The molecule has 0 radical (unpaired) electrons. The minimum absolute atomic E-state index is 0.0796.